The maximum atomic E-state index is 12.5. The van der Waals surface area contributed by atoms with Gasteiger partial charge in [-0.25, -0.2) is 4.79 Å². The second kappa shape index (κ2) is 8.23. The Bertz CT molecular complexity index is 610. The number of nitrogens with zero attached hydrogens (tertiary/aromatic N) is 1. The van der Waals surface area contributed by atoms with Gasteiger partial charge in [0.05, 0.1) is 13.0 Å². The van der Waals surface area contributed by atoms with Crippen LogP contribution in [0.25, 0.3) is 0 Å². The van der Waals surface area contributed by atoms with E-state index in [0.717, 1.165) is 24.2 Å². The molecule has 2 amide bonds. The smallest absolute Gasteiger partial charge is 0.410 e. The lowest BCUT2D eigenvalue weighted by atomic mass is 9.97. The van der Waals surface area contributed by atoms with E-state index in [4.69, 9.17) is 9.47 Å². The molecule has 2 rings (SSSR count). The first-order valence-electron chi connectivity index (χ1n) is 8.67. The Balaban J connectivity index is 1.90. The number of carbonyl (C=O) groups excluding carboxylic acids is 2. The molecule has 1 heterocycles. The summed E-state index contributed by atoms with van der Waals surface area (Å²) in [6.07, 6.45) is 1.22. The summed E-state index contributed by atoms with van der Waals surface area (Å²) in [6.45, 7) is 6.95. The number of hydrogen-bond donors (Lipinski definition) is 1. The molecule has 1 aliphatic rings. The fraction of sp³-hybridized carbons (Fsp3) is 0.579. The van der Waals surface area contributed by atoms with Crippen LogP contribution in [-0.4, -0.2) is 42.7 Å². The molecular formula is C19H28N2O4. The quantitative estimate of drug-likeness (QED) is 0.908. The third-order valence-corrected chi connectivity index (χ3v) is 4.09. The predicted octanol–water partition coefficient (Wildman–Crippen LogP) is 2.96. The monoisotopic (exact) mass is 348 g/mol. The zero-order valence-electron chi connectivity index (χ0n) is 15.5. The molecule has 0 radical (unpaired) electrons. The van der Waals surface area contributed by atoms with Gasteiger partial charge in [-0.3, -0.25) is 4.79 Å². The highest BCUT2D eigenvalue weighted by molar-refractivity contribution is 5.80. The summed E-state index contributed by atoms with van der Waals surface area (Å²) in [4.78, 5) is 26.3. The number of rotatable bonds is 4. The summed E-state index contributed by atoms with van der Waals surface area (Å²) in [5.74, 6) is 0.497. The number of hydrogen-bond acceptors (Lipinski definition) is 4. The van der Waals surface area contributed by atoms with Gasteiger partial charge in [-0.1, -0.05) is 18.2 Å². The molecule has 6 heteroatoms. The lowest BCUT2D eigenvalue weighted by Crippen LogP contribution is -2.46. The van der Waals surface area contributed by atoms with E-state index in [-0.39, 0.29) is 17.9 Å². The second-order valence-corrected chi connectivity index (χ2v) is 7.30. The van der Waals surface area contributed by atoms with Crippen molar-refractivity contribution in [2.45, 2.75) is 45.8 Å². The third-order valence-electron chi connectivity index (χ3n) is 4.09. The van der Waals surface area contributed by atoms with Crippen LogP contribution in [0.4, 0.5) is 4.79 Å². The minimum absolute atomic E-state index is 0.0424. The number of benzene rings is 1. The van der Waals surface area contributed by atoms with Crippen molar-refractivity contribution in [3.8, 4) is 5.75 Å². The molecule has 1 aliphatic heterocycles. The van der Waals surface area contributed by atoms with Gasteiger partial charge in [-0.15, -0.1) is 0 Å². The maximum Gasteiger partial charge on any atom is 0.410 e. The molecule has 1 N–H and O–H groups in total. The summed E-state index contributed by atoms with van der Waals surface area (Å²) in [5.41, 5.74) is 0.397. The SMILES string of the molecule is COc1ccccc1CNC(=O)C1CCCN(C(=O)OC(C)(C)C)C1. The summed E-state index contributed by atoms with van der Waals surface area (Å²) in [6, 6.07) is 7.60. The predicted molar refractivity (Wildman–Crippen MR) is 95.4 cm³/mol. The summed E-state index contributed by atoms with van der Waals surface area (Å²) < 4.78 is 10.7. The average molecular weight is 348 g/mol. The molecule has 138 valence electrons. The second-order valence-electron chi connectivity index (χ2n) is 7.30. The molecular weight excluding hydrogens is 320 g/mol. The van der Waals surface area contributed by atoms with Crippen LogP contribution in [0.1, 0.15) is 39.2 Å². The first kappa shape index (κ1) is 19.1. The van der Waals surface area contributed by atoms with Crippen molar-refractivity contribution in [3.63, 3.8) is 0 Å². The van der Waals surface area contributed by atoms with Crippen LogP contribution in [-0.2, 0) is 16.1 Å². The number of carbonyl (C=O) groups is 2. The molecule has 0 spiro atoms. The minimum Gasteiger partial charge on any atom is -0.496 e. The normalized spacial score (nSPS) is 17.8. The zero-order valence-corrected chi connectivity index (χ0v) is 15.5. The van der Waals surface area contributed by atoms with E-state index in [1.54, 1.807) is 12.0 Å². The summed E-state index contributed by atoms with van der Waals surface area (Å²) >= 11 is 0. The fourth-order valence-corrected chi connectivity index (χ4v) is 2.86. The Morgan fingerprint density at radius 3 is 2.68 bits per heavy atom. The standard InChI is InChI=1S/C19H28N2O4/c1-19(2,3)25-18(23)21-11-7-9-15(13-21)17(22)20-12-14-8-5-6-10-16(14)24-4/h5-6,8,10,15H,7,9,11-13H2,1-4H3,(H,20,22). The minimum atomic E-state index is -0.532. The van der Waals surface area contributed by atoms with Gasteiger partial charge in [0.2, 0.25) is 5.91 Å². The molecule has 1 unspecified atom stereocenters. The van der Waals surface area contributed by atoms with Crippen LogP contribution in [0.3, 0.4) is 0 Å². The molecule has 1 aromatic carbocycles. The fourth-order valence-electron chi connectivity index (χ4n) is 2.86. The Morgan fingerprint density at radius 1 is 1.28 bits per heavy atom. The number of piperidine rings is 1. The van der Waals surface area contributed by atoms with E-state index in [0.29, 0.717) is 19.6 Å². The average Bonchev–Trinajstić information content (AvgIpc) is 2.58. The molecule has 0 saturated carbocycles. The Kier molecular flexibility index (Phi) is 6.28. The Hall–Kier alpha value is -2.24. The molecule has 0 aliphatic carbocycles. The Morgan fingerprint density at radius 2 is 2.00 bits per heavy atom. The van der Waals surface area contributed by atoms with E-state index >= 15 is 0 Å². The van der Waals surface area contributed by atoms with Crippen LogP contribution in [0.2, 0.25) is 0 Å². The van der Waals surface area contributed by atoms with E-state index in [1.165, 1.54) is 0 Å². The number of para-hydroxylation sites is 1. The topological polar surface area (TPSA) is 67.9 Å². The number of methoxy groups -OCH3 is 1. The van der Waals surface area contributed by atoms with E-state index in [1.807, 2.05) is 45.0 Å². The molecule has 0 aromatic heterocycles. The molecule has 1 saturated heterocycles. The highest BCUT2D eigenvalue weighted by atomic mass is 16.6. The largest absolute Gasteiger partial charge is 0.496 e. The first-order valence-corrected chi connectivity index (χ1v) is 8.67. The summed E-state index contributed by atoms with van der Waals surface area (Å²) in [5, 5.41) is 2.95. The van der Waals surface area contributed by atoms with Crippen molar-refractivity contribution in [2.75, 3.05) is 20.2 Å². The van der Waals surface area contributed by atoms with Crippen LogP contribution < -0.4 is 10.1 Å². The molecule has 6 nitrogen and oxygen atoms in total. The van der Waals surface area contributed by atoms with Gasteiger partial charge in [0.15, 0.2) is 0 Å². The number of likely N-dealkylation sites (tertiary alicyclic amines) is 1. The molecule has 25 heavy (non-hydrogen) atoms. The molecule has 1 aromatic rings. The van der Waals surface area contributed by atoms with Gasteiger partial charge < -0.3 is 19.7 Å². The van der Waals surface area contributed by atoms with Crippen LogP contribution >= 0.6 is 0 Å². The Labute approximate surface area is 149 Å². The highest BCUT2D eigenvalue weighted by Crippen LogP contribution is 2.21. The molecule has 1 fully saturated rings. The van der Waals surface area contributed by atoms with Gasteiger partial charge in [-0.05, 0) is 39.7 Å². The first-order chi connectivity index (χ1) is 11.8. The van der Waals surface area contributed by atoms with Crippen LogP contribution in [0, 0.1) is 5.92 Å². The third kappa shape index (κ3) is 5.66. The number of amides is 2. The number of ether oxygens (including phenoxy) is 2. The van der Waals surface area contributed by atoms with Crippen LogP contribution in [0.5, 0.6) is 5.75 Å². The van der Waals surface area contributed by atoms with E-state index in [2.05, 4.69) is 5.32 Å². The van der Waals surface area contributed by atoms with Gasteiger partial charge in [0, 0.05) is 25.2 Å². The lowest BCUT2D eigenvalue weighted by Gasteiger charge is -2.33. The molecule has 0 bridgehead atoms. The molecule has 1 atom stereocenters. The lowest BCUT2D eigenvalue weighted by molar-refractivity contribution is -0.126. The van der Waals surface area contributed by atoms with Gasteiger partial charge in [-0.2, -0.15) is 0 Å². The van der Waals surface area contributed by atoms with Crippen molar-refractivity contribution in [2.24, 2.45) is 5.92 Å². The summed E-state index contributed by atoms with van der Waals surface area (Å²) in [7, 11) is 1.61. The number of nitrogens with one attached hydrogen (secondary N) is 1. The van der Waals surface area contributed by atoms with Crippen molar-refractivity contribution < 1.29 is 19.1 Å². The highest BCUT2D eigenvalue weighted by Gasteiger charge is 2.30. The van der Waals surface area contributed by atoms with Crippen LogP contribution in [0.15, 0.2) is 24.3 Å². The van der Waals surface area contributed by atoms with Gasteiger partial charge in [0.1, 0.15) is 11.4 Å². The van der Waals surface area contributed by atoms with Gasteiger partial charge >= 0.3 is 6.09 Å². The van der Waals surface area contributed by atoms with Crippen molar-refractivity contribution >= 4 is 12.0 Å². The van der Waals surface area contributed by atoms with Crippen molar-refractivity contribution in [1.29, 1.82) is 0 Å². The van der Waals surface area contributed by atoms with E-state index in [9.17, 15) is 9.59 Å². The van der Waals surface area contributed by atoms with Crippen molar-refractivity contribution in [3.05, 3.63) is 29.8 Å². The maximum absolute atomic E-state index is 12.5. The van der Waals surface area contributed by atoms with E-state index < -0.39 is 5.60 Å². The van der Waals surface area contributed by atoms with Gasteiger partial charge in [0.25, 0.3) is 0 Å². The zero-order chi connectivity index (χ0) is 18.4. The van der Waals surface area contributed by atoms with Crippen molar-refractivity contribution in [1.82, 2.24) is 10.2 Å².